The topological polar surface area (TPSA) is 48.6 Å². The number of rotatable bonds is 0. The van der Waals surface area contributed by atoms with Crippen molar-refractivity contribution < 1.29 is 10.3 Å². The van der Waals surface area contributed by atoms with Gasteiger partial charge in [0.1, 0.15) is 0 Å². The van der Waals surface area contributed by atoms with Gasteiger partial charge in [-0.25, -0.2) is 0 Å². The summed E-state index contributed by atoms with van der Waals surface area (Å²) in [5.41, 5.74) is 0. The van der Waals surface area contributed by atoms with Crippen molar-refractivity contribution in [2.75, 3.05) is 0 Å². The number of hydrogen-bond donors (Lipinski definition) is 0. The quantitative estimate of drug-likeness (QED) is 0.417. The first kappa shape index (κ1) is 11.9. The summed E-state index contributed by atoms with van der Waals surface area (Å²) in [5.74, 6) is 0.222. The highest BCUT2D eigenvalue weighted by Gasteiger charge is 1.57. The van der Waals surface area contributed by atoms with Crippen LogP contribution in [-0.4, -0.2) is 11.2 Å². The minimum atomic E-state index is 0. The Hall–Kier alpha value is -0.860. The van der Waals surface area contributed by atoms with Crippen LogP contribution >= 0.6 is 11.6 Å². The van der Waals surface area contributed by atoms with Crippen LogP contribution in [0, 0.1) is 0 Å². The van der Waals surface area contributed by atoms with E-state index < -0.39 is 0 Å². The molecule has 0 bridgehead atoms. The molecule has 1 aromatic carbocycles. The summed E-state index contributed by atoms with van der Waals surface area (Å²) in [7, 11) is 0. The molecule has 0 unspecified atom stereocenters. The maximum absolute atomic E-state index is 8.57. The van der Waals surface area contributed by atoms with Crippen molar-refractivity contribution in [1.82, 2.24) is 0 Å². The second kappa shape index (κ2) is 11.0. The summed E-state index contributed by atoms with van der Waals surface area (Å²) < 4.78 is 0. The van der Waals surface area contributed by atoms with Gasteiger partial charge in [-0.1, -0.05) is 36.4 Å². The van der Waals surface area contributed by atoms with Gasteiger partial charge in [0.25, 0.3) is 0 Å². The van der Waals surface area contributed by atoms with Crippen LogP contribution in [0.2, 0.25) is 0 Å². The van der Waals surface area contributed by atoms with Crippen LogP contribution in [0.4, 0.5) is 0 Å². The molecule has 0 aliphatic carbocycles. The van der Waals surface area contributed by atoms with Crippen LogP contribution < -0.4 is 0 Å². The number of carbonyl (C=O) groups is 1. The summed E-state index contributed by atoms with van der Waals surface area (Å²) in [6.45, 7) is 0. The Balaban J connectivity index is 0. The Kier molecular flexibility index (Phi) is 13.1. The van der Waals surface area contributed by atoms with Crippen LogP contribution in [0.1, 0.15) is 0 Å². The summed E-state index contributed by atoms with van der Waals surface area (Å²) >= 11 is 4.32. The lowest BCUT2D eigenvalue weighted by Crippen LogP contribution is -1.47. The van der Waals surface area contributed by atoms with Gasteiger partial charge in [0.2, 0.25) is 5.75 Å². The van der Waals surface area contributed by atoms with Crippen molar-refractivity contribution in [2.24, 2.45) is 0 Å². The van der Waals surface area contributed by atoms with Crippen molar-refractivity contribution in [2.45, 2.75) is 0 Å². The van der Waals surface area contributed by atoms with Gasteiger partial charge in [-0.15, -0.1) is 0 Å². The maximum atomic E-state index is 8.57. The molecule has 0 radical (unpaired) electrons. The Morgan fingerprint density at radius 3 is 1.10 bits per heavy atom. The maximum Gasteiger partial charge on any atom is 0.208 e. The lowest BCUT2D eigenvalue weighted by Gasteiger charge is -1.69. The third-order valence-electron chi connectivity index (χ3n) is 0.667. The van der Waals surface area contributed by atoms with E-state index in [2.05, 4.69) is 11.6 Å². The number of halogens is 1. The van der Waals surface area contributed by atoms with Gasteiger partial charge < -0.3 is 5.48 Å². The third kappa shape index (κ3) is 10.2. The Morgan fingerprint density at radius 1 is 0.900 bits per heavy atom. The lowest BCUT2D eigenvalue weighted by molar-refractivity contribution is 0.569. The molecular weight excluding hydrogens is 152 g/mol. The number of hydrogen-bond acceptors (Lipinski definition) is 1. The van der Waals surface area contributed by atoms with E-state index in [1.807, 2.05) is 36.4 Å². The van der Waals surface area contributed by atoms with Gasteiger partial charge in [-0.05, 0) is 11.6 Å². The molecule has 0 aliphatic heterocycles. The number of benzene rings is 1. The average molecular weight is 161 g/mol. The van der Waals surface area contributed by atoms with Crippen molar-refractivity contribution in [3.05, 3.63) is 36.4 Å². The minimum Gasteiger partial charge on any atom is -0.412 e. The summed E-state index contributed by atoms with van der Waals surface area (Å²) in [6.07, 6.45) is 0. The highest BCUT2D eigenvalue weighted by atomic mass is 35.5. The second-order valence-electron chi connectivity index (χ2n) is 1.24. The highest BCUT2D eigenvalue weighted by Crippen LogP contribution is 1.79. The summed E-state index contributed by atoms with van der Waals surface area (Å²) in [4.78, 5) is 8.57. The largest absolute Gasteiger partial charge is 0.412 e. The SMILES string of the molecule is O.O=CCl.c1ccccc1. The first-order valence-corrected chi connectivity index (χ1v) is 2.89. The third-order valence-corrected chi connectivity index (χ3v) is 0.667. The van der Waals surface area contributed by atoms with Crippen LogP contribution in [0.3, 0.4) is 0 Å². The molecule has 1 aromatic rings. The van der Waals surface area contributed by atoms with E-state index in [9.17, 15) is 0 Å². The molecule has 0 fully saturated rings. The predicted molar refractivity (Wildman–Crippen MR) is 42.7 cm³/mol. The predicted octanol–water partition coefficient (Wildman–Crippen LogP) is 1.28. The van der Waals surface area contributed by atoms with Crippen LogP contribution in [-0.2, 0) is 4.79 Å². The molecule has 3 heteroatoms. The molecule has 0 saturated heterocycles. The second-order valence-corrected chi connectivity index (χ2v) is 1.42. The first-order chi connectivity index (χ1) is 4.41. The van der Waals surface area contributed by atoms with Crippen LogP contribution in [0.15, 0.2) is 36.4 Å². The van der Waals surface area contributed by atoms with E-state index in [4.69, 9.17) is 4.79 Å². The van der Waals surface area contributed by atoms with Gasteiger partial charge in [0.15, 0.2) is 0 Å². The van der Waals surface area contributed by atoms with Gasteiger partial charge >= 0.3 is 0 Å². The van der Waals surface area contributed by atoms with Gasteiger partial charge in [-0.3, -0.25) is 4.79 Å². The Labute approximate surface area is 64.7 Å². The Bertz CT molecular complexity index is 115. The highest BCUT2D eigenvalue weighted by molar-refractivity contribution is 6.54. The lowest BCUT2D eigenvalue weighted by atomic mass is 10.4. The normalized spacial score (nSPS) is 6.10. The molecule has 2 nitrogen and oxygen atoms in total. The first-order valence-electron chi connectivity index (χ1n) is 2.45. The standard InChI is InChI=1S/C6H6.CHClO.H2O/c1-2-4-6-5-3-1;2-1-3;/h1-6H;1H;1H2. The Morgan fingerprint density at radius 2 is 1.00 bits per heavy atom. The van der Waals surface area contributed by atoms with E-state index in [0.717, 1.165) is 0 Å². The zero-order valence-electron chi connectivity index (χ0n) is 5.33. The molecule has 10 heavy (non-hydrogen) atoms. The van der Waals surface area contributed by atoms with E-state index in [-0.39, 0.29) is 11.2 Å². The van der Waals surface area contributed by atoms with E-state index >= 15 is 0 Å². The minimum absolute atomic E-state index is 0. The fourth-order valence-electron chi connectivity index (χ4n) is 0.385. The molecule has 1 rings (SSSR count). The molecule has 0 heterocycles. The molecule has 0 aromatic heterocycles. The van der Waals surface area contributed by atoms with Crippen molar-refractivity contribution >= 4 is 17.3 Å². The molecular formula is C7H9ClO2. The smallest absolute Gasteiger partial charge is 0.208 e. The molecule has 2 N–H and O–H groups in total. The van der Waals surface area contributed by atoms with E-state index in [1.54, 1.807) is 0 Å². The zero-order chi connectivity index (χ0) is 6.95. The van der Waals surface area contributed by atoms with Crippen LogP contribution in [0.25, 0.3) is 0 Å². The van der Waals surface area contributed by atoms with Gasteiger partial charge in [0, 0.05) is 0 Å². The molecule has 0 saturated carbocycles. The number of carbonyl (C=O) groups excluding carboxylic acids is 1. The molecule has 0 atom stereocenters. The van der Waals surface area contributed by atoms with E-state index in [1.165, 1.54) is 0 Å². The average Bonchev–Trinajstić information content (AvgIpc) is 1.93. The summed E-state index contributed by atoms with van der Waals surface area (Å²) in [5, 5.41) is 0. The van der Waals surface area contributed by atoms with Crippen molar-refractivity contribution in [1.29, 1.82) is 0 Å². The monoisotopic (exact) mass is 160 g/mol. The zero-order valence-corrected chi connectivity index (χ0v) is 6.08. The van der Waals surface area contributed by atoms with Gasteiger partial charge in [-0.2, -0.15) is 0 Å². The molecule has 0 amide bonds. The van der Waals surface area contributed by atoms with Gasteiger partial charge in [0.05, 0.1) is 0 Å². The molecule has 0 aliphatic rings. The fraction of sp³-hybridized carbons (Fsp3) is 0. The van der Waals surface area contributed by atoms with E-state index in [0.29, 0.717) is 0 Å². The molecule has 56 valence electrons. The molecule has 0 spiro atoms. The fourth-order valence-corrected chi connectivity index (χ4v) is 0.385. The van der Waals surface area contributed by atoms with Crippen LogP contribution in [0.5, 0.6) is 0 Å². The van der Waals surface area contributed by atoms with Crippen molar-refractivity contribution in [3.8, 4) is 0 Å². The summed E-state index contributed by atoms with van der Waals surface area (Å²) in [6, 6.07) is 12.0. The van der Waals surface area contributed by atoms with Crippen molar-refractivity contribution in [3.63, 3.8) is 0 Å².